The number of esters is 1. The molecule has 1 aromatic carbocycles. The summed E-state index contributed by atoms with van der Waals surface area (Å²) in [6, 6.07) is 6.05. The molecule has 0 atom stereocenters. The van der Waals surface area contributed by atoms with E-state index in [1.54, 1.807) is 6.07 Å². The summed E-state index contributed by atoms with van der Waals surface area (Å²) in [4.78, 5) is 16.4. The van der Waals surface area contributed by atoms with Crippen LogP contribution in [0.3, 0.4) is 0 Å². The molecule has 0 radical (unpaired) electrons. The van der Waals surface area contributed by atoms with Gasteiger partial charge in [-0.1, -0.05) is 0 Å². The number of anilines is 2. The zero-order valence-corrected chi connectivity index (χ0v) is 12.4. The zero-order chi connectivity index (χ0) is 14.7. The predicted molar refractivity (Wildman–Crippen MR) is 81.1 cm³/mol. The lowest BCUT2D eigenvalue weighted by molar-refractivity contribution is 0.0601. The number of ether oxygens (including phenoxy) is 1. The molecule has 20 heavy (non-hydrogen) atoms. The number of methoxy groups -OCH3 is 1. The Morgan fingerprint density at radius 3 is 2.55 bits per heavy atom. The third-order valence-corrected chi connectivity index (χ3v) is 3.96. The van der Waals surface area contributed by atoms with Crippen LogP contribution in [-0.4, -0.2) is 51.2 Å². The molecule has 0 aromatic heterocycles. The highest BCUT2D eigenvalue weighted by Gasteiger charge is 2.24. The highest BCUT2D eigenvalue weighted by molar-refractivity contribution is 5.97. The van der Waals surface area contributed by atoms with Gasteiger partial charge in [0.15, 0.2) is 0 Å². The lowest BCUT2D eigenvalue weighted by Crippen LogP contribution is -2.42. The van der Waals surface area contributed by atoms with Crippen LogP contribution in [0.2, 0.25) is 0 Å². The van der Waals surface area contributed by atoms with Crippen LogP contribution in [-0.2, 0) is 4.74 Å². The van der Waals surface area contributed by atoms with Crippen molar-refractivity contribution in [3.05, 3.63) is 23.8 Å². The summed E-state index contributed by atoms with van der Waals surface area (Å²) in [5.74, 6) is -0.331. The summed E-state index contributed by atoms with van der Waals surface area (Å²) in [6.45, 7) is 1.88. The quantitative estimate of drug-likeness (QED) is 0.671. The van der Waals surface area contributed by atoms with Gasteiger partial charge < -0.3 is 20.3 Å². The molecule has 110 valence electrons. The molecule has 1 fully saturated rings. The van der Waals surface area contributed by atoms with Gasteiger partial charge in [-0.3, -0.25) is 0 Å². The van der Waals surface area contributed by atoms with Gasteiger partial charge >= 0.3 is 5.97 Å². The van der Waals surface area contributed by atoms with Crippen molar-refractivity contribution in [2.75, 3.05) is 44.9 Å². The van der Waals surface area contributed by atoms with Crippen molar-refractivity contribution in [1.29, 1.82) is 0 Å². The fourth-order valence-electron chi connectivity index (χ4n) is 2.73. The van der Waals surface area contributed by atoms with Crippen molar-refractivity contribution >= 4 is 17.3 Å². The molecular weight excluding hydrogens is 254 g/mol. The van der Waals surface area contributed by atoms with Crippen molar-refractivity contribution in [1.82, 2.24) is 4.90 Å². The van der Waals surface area contributed by atoms with Gasteiger partial charge in [-0.2, -0.15) is 0 Å². The Balaban J connectivity index is 2.19. The maximum absolute atomic E-state index is 11.9. The van der Waals surface area contributed by atoms with Gasteiger partial charge in [0.2, 0.25) is 0 Å². The first-order valence-electron chi connectivity index (χ1n) is 6.92. The first-order chi connectivity index (χ1) is 9.52. The summed E-state index contributed by atoms with van der Waals surface area (Å²) in [6.07, 6.45) is 2.19. The summed E-state index contributed by atoms with van der Waals surface area (Å²) in [7, 11) is 5.63. The second-order valence-corrected chi connectivity index (χ2v) is 5.45. The number of nitrogens with zero attached hydrogens (tertiary/aromatic N) is 2. The van der Waals surface area contributed by atoms with Crippen LogP contribution in [0.4, 0.5) is 11.4 Å². The summed E-state index contributed by atoms with van der Waals surface area (Å²) < 4.78 is 4.85. The molecule has 0 spiro atoms. The van der Waals surface area contributed by atoms with Crippen molar-refractivity contribution in [2.24, 2.45) is 0 Å². The van der Waals surface area contributed by atoms with Gasteiger partial charge in [0.25, 0.3) is 0 Å². The van der Waals surface area contributed by atoms with E-state index in [9.17, 15) is 4.79 Å². The molecule has 2 rings (SSSR count). The van der Waals surface area contributed by atoms with Crippen molar-refractivity contribution in [3.8, 4) is 0 Å². The van der Waals surface area contributed by atoms with E-state index in [4.69, 9.17) is 10.5 Å². The highest BCUT2D eigenvalue weighted by Crippen LogP contribution is 2.27. The average Bonchev–Trinajstić information content (AvgIpc) is 2.46. The van der Waals surface area contributed by atoms with E-state index in [0.29, 0.717) is 17.3 Å². The smallest absolute Gasteiger partial charge is 0.340 e. The second-order valence-electron chi connectivity index (χ2n) is 5.45. The van der Waals surface area contributed by atoms with Gasteiger partial charge in [-0.25, -0.2) is 4.79 Å². The van der Waals surface area contributed by atoms with Crippen molar-refractivity contribution in [2.45, 2.75) is 18.9 Å². The Morgan fingerprint density at radius 2 is 2.00 bits per heavy atom. The number of carbonyl (C=O) groups excluding carboxylic acids is 1. The zero-order valence-electron chi connectivity index (χ0n) is 12.4. The lowest BCUT2D eigenvalue weighted by atomic mass is 10.0. The number of nitrogens with two attached hydrogens (primary N) is 1. The summed E-state index contributed by atoms with van der Waals surface area (Å²) in [5.41, 5.74) is 7.83. The lowest BCUT2D eigenvalue weighted by Gasteiger charge is -2.37. The molecule has 1 heterocycles. The minimum Gasteiger partial charge on any atom is -0.465 e. The molecule has 0 bridgehead atoms. The summed E-state index contributed by atoms with van der Waals surface area (Å²) in [5, 5.41) is 0. The van der Waals surface area contributed by atoms with E-state index in [1.165, 1.54) is 7.11 Å². The molecule has 0 amide bonds. The number of nitrogen functional groups attached to an aromatic ring is 1. The number of hydrogen-bond acceptors (Lipinski definition) is 5. The first-order valence-corrected chi connectivity index (χ1v) is 6.92. The fraction of sp³-hybridized carbons (Fsp3) is 0.533. The predicted octanol–water partition coefficient (Wildman–Crippen LogP) is 1.59. The Hall–Kier alpha value is -1.75. The number of benzene rings is 1. The Bertz CT molecular complexity index is 480. The van der Waals surface area contributed by atoms with Crippen LogP contribution in [0.15, 0.2) is 18.2 Å². The molecular formula is C15H23N3O2. The van der Waals surface area contributed by atoms with Crippen LogP contribution in [0, 0.1) is 0 Å². The minimum atomic E-state index is -0.331. The van der Waals surface area contributed by atoms with Gasteiger partial charge in [-0.05, 0) is 45.1 Å². The van der Waals surface area contributed by atoms with E-state index in [2.05, 4.69) is 23.9 Å². The average molecular weight is 277 g/mol. The maximum atomic E-state index is 11.9. The molecule has 1 aromatic rings. The number of carbonyl (C=O) groups is 1. The van der Waals surface area contributed by atoms with Crippen LogP contribution >= 0.6 is 0 Å². The van der Waals surface area contributed by atoms with E-state index in [1.807, 2.05) is 12.1 Å². The fourth-order valence-corrected chi connectivity index (χ4v) is 2.73. The first kappa shape index (κ1) is 14.7. The van der Waals surface area contributed by atoms with E-state index < -0.39 is 0 Å². The Labute approximate surface area is 120 Å². The van der Waals surface area contributed by atoms with Crippen LogP contribution < -0.4 is 10.6 Å². The van der Waals surface area contributed by atoms with E-state index in [-0.39, 0.29) is 5.97 Å². The van der Waals surface area contributed by atoms with Gasteiger partial charge in [0.1, 0.15) is 0 Å². The number of rotatable bonds is 3. The normalized spacial score (nSPS) is 16.5. The van der Waals surface area contributed by atoms with Gasteiger partial charge in [0, 0.05) is 24.8 Å². The second kappa shape index (κ2) is 6.13. The molecule has 0 unspecified atom stereocenters. The van der Waals surface area contributed by atoms with Gasteiger partial charge in [-0.15, -0.1) is 0 Å². The van der Waals surface area contributed by atoms with E-state index >= 15 is 0 Å². The third-order valence-electron chi connectivity index (χ3n) is 3.96. The van der Waals surface area contributed by atoms with Crippen molar-refractivity contribution < 1.29 is 9.53 Å². The monoisotopic (exact) mass is 277 g/mol. The summed E-state index contributed by atoms with van der Waals surface area (Å²) >= 11 is 0. The Morgan fingerprint density at radius 1 is 1.35 bits per heavy atom. The SMILES string of the molecule is COC(=O)c1cc(N)ccc1N1CCC(N(C)C)CC1. The molecule has 0 aliphatic carbocycles. The largest absolute Gasteiger partial charge is 0.465 e. The number of piperidine rings is 1. The van der Waals surface area contributed by atoms with Gasteiger partial charge in [0.05, 0.1) is 18.4 Å². The molecule has 0 saturated carbocycles. The highest BCUT2D eigenvalue weighted by atomic mass is 16.5. The molecule has 1 saturated heterocycles. The molecule has 2 N–H and O–H groups in total. The molecule has 5 nitrogen and oxygen atoms in total. The topological polar surface area (TPSA) is 58.8 Å². The third kappa shape index (κ3) is 3.04. The molecule has 1 aliphatic rings. The van der Waals surface area contributed by atoms with Crippen LogP contribution in [0.1, 0.15) is 23.2 Å². The van der Waals surface area contributed by atoms with Crippen molar-refractivity contribution in [3.63, 3.8) is 0 Å². The van der Waals surface area contributed by atoms with Crippen LogP contribution in [0.5, 0.6) is 0 Å². The number of hydrogen-bond donors (Lipinski definition) is 1. The molecule has 5 heteroatoms. The Kier molecular flexibility index (Phi) is 4.49. The maximum Gasteiger partial charge on any atom is 0.340 e. The van der Waals surface area contributed by atoms with Crippen LogP contribution in [0.25, 0.3) is 0 Å². The standard InChI is InChI=1S/C15H23N3O2/c1-17(2)12-6-8-18(9-7-12)14-5-4-11(16)10-13(14)15(19)20-3/h4-5,10,12H,6-9,16H2,1-3H3. The van der Waals surface area contributed by atoms with E-state index in [0.717, 1.165) is 31.6 Å². The minimum absolute atomic E-state index is 0.331. The molecule has 1 aliphatic heterocycles.